The van der Waals surface area contributed by atoms with Crippen molar-refractivity contribution in [3.8, 4) is 0 Å². The van der Waals surface area contributed by atoms with Gasteiger partial charge in [-0.25, -0.2) is 0 Å². The van der Waals surface area contributed by atoms with Gasteiger partial charge in [-0.2, -0.15) is 0 Å². The summed E-state index contributed by atoms with van der Waals surface area (Å²) in [6.07, 6.45) is 7.41. The topological polar surface area (TPSA) is 24.5 Å². The number of hydrogen-bond donors (Lipinski definition) is 1. The summed E-state index contributed by atoms with van der Waals surface area (Å²) in [7, 11) is 0. The smallest absolute Gasteiger partial charge is 0.0700 e. The summed E-state index contributed by atoms with van der Waals surface area (Å²) in [5, 5.41) is 3.62. The number of nitrogens with zero attached hydrogens (tertiary/aromatic N) is 1. The van der Waals surface area contributed by atoms with E-state index in [0.717, 1.165) is 38.6 Å². The summed E-state index contributed by atoms with van der Waals surface area (Å²) in [6.45, 7) is 8.94. The molecule has 2 aliphatic rings. The van der Waals surface area contributed by atoms with E-state index >= 15 is 0 Å². The molecule has 2 fully saturated rings. The van der Waals surface area contributed by atoms with Crippen LogP contribution < -0.4 is 5.32 Å². The first-order valence-electron chi connectivity index (χ1n) is 7.43. The lowest BCUT2D eigenvalue weighted by molar-refractivity contribution is -0.0291. The molecular weight excluding hydrogens is 212 g/mol. The van der Waals surface area contributed by atoms with Crippen molar-refractivity contribution < 1.29 is 4.74 Å². The molecule has 2 rings (SSSR count). The Morgan fingerprint density at radius 2 is 2.12 bits per heavy atom. The van der Waals surface area contributed by atoms with Gasteiger partial charge in [0.1, 0.15) is 0 Å². The largest absolute Gasteiger partial charge is 0.376 e. The average molecular weight is 240 g/mol. The lowest BCUT2D eigenvalue weighted by atomic mass is 10.1. The van der Waals surface area contributed by atoms with E-state index < -0.39 is 0 Å². The molecule has 100 valence electrons. The Morgan fingerprint density at radius 1 is 1.29 bits per heavy atom. The van der Waals surface area contributed by atoms with Crippen molar-refractivity contribution in [2.75, 3.05) is 39.3 Å². The van der Waals surface area contributed by atoms with Crippen LogP contribution in [-0.4, -0.2) is 50.3 Å². The molecule has 1 saturated heterocycles. The third kappa shape index (κ3) is 4.57. The fourth-order valence-corrected chi connectivity index (χ4v) is 2.99. The maximum atomic E-state index is 5.68. The molecule has 3 heteroatoms. The third-order valence-electron chi connectivity index (χ3n) is 4.19. The second-order valence-electron chi connectivity index (χ2n) is 5.56. The van der Waals surface area contributed by atoms with Crippen LogP contribution in [0.3, 0.4) is 0 Å². The predicted molar refractivity (Wildman–Crippen MR) is 71.3 cm³/mol. The van der Waals surface area contributed by atoms with Gasteiger partial charge in [-0.3, -0.25) is 4.90 Å². The first-order chi connectivity index (χ1) is 8.38. The second kappa shape index (κ2) is 7.34. The van der Waals surface area contributed by atoms with Gasteiger partial charge in [0.2, 0.25) is 0 Å². The maximum absolute atomic E-state index is 5.68. The summed E-state index contributed by atoms with van der Waals surface area (Å²) in [5.74, 6) is 0.961. The van der Waals surface area contributed by atoms with Gasteiger partial charge in [0.05, 0.1) is 12.7 Å². The third-order valence-corrected chi connectivity index (χ3v) is 4.19. The fraction of sp³-hybridized carbons (Fsp3) is 1.00. The van der Waals surface area contributed by atoms with E-state index in [4.69, 9.17) is 4.74 Å². The zero-order valence-corrected chi connectivity index (χ0v) is 11.3. The molecule has 1 heterocycles. The monoisotopic (exact) mass is 240 g/mol. The Labute approximate surface area is 106 Å². The van der Waals surface area contributed by atoms with Crippen molar-refractivity contribution in [1.82, 2.24) is 10.2 Å². The molecule has 0 amide bonds. The van der Waals surface area contributed by atoms with E-state index in [1.807, 2.05) is 0 Å². The minimum atomic E-state index is 0.471. The van der Waals surface area contributed by atoms with Crippen LogP contribution in [0.2, 0.25) is 0 Å². The van der Waals surface area contributed by atoms with Gasteiger partial charge in [0.15, 0.2) is 0 Å². The molecule has 17 heavy (non-hydrogen) atoms. The van der Waals surface area contributed by atoms with Gasteiger partial charge in [0, 0.05) is 26.2 Å². The first kappa shape index (κ1) is 13.3. The van der Waals surface area contributed by atoms with Crippen LogP contribution >= 0.6 is 0 Å². The fourth-order valence-electron chi connectivity index (χ4n) is 2.99. The number of morpholine rings is 1. The van der Waals surface area contributed by atoms with Crippen LogP contribution in [0, 0.1) is 5.92 Å². The molecule has 1 aliphatic heterocycles. The van der Waals surface area contributed by atoms with Crippen molar-refractivity contribution in [3.63, 3.8) is 0 Å². The van der Waals surface area contributed by atoms with Gasteiger partial charge < -0.3 is 10.1 Å². The molecule has 0 aromatic rings. The zero-order chi connectivity index (χ0) is 11.9. The molecule has 0 aromatic carbocycles. The summed E-state index contributed by atoms with van der Waals surface area (Å²) < 4.78 is 5.68. The van der Waals surface area contributed by atoms with Crippen LogP contribution in [0.4, 0.5) is 0 Å². The SMILES string of the molecule is CCC1CN(CCNCC2CCCC2)CCO1. The van der Waals surface area contributed by atoms with Crippen molar-refractivity contribution >= 4 is 0 Å². The molecule has 0 radical (unpaired) electrons. The molecule has 3 nitrogen and oxygen atoms in total. The standard InChI is InChI=1S/C14H28N2O/c1-2-14-12-16(9-10-17-14)8-7-15-11-13-5-3-4-6-13/h13-15H,2-12H2,1H3. The van der Waals surface area contributed by atoms with Crippen LogP contribution in [-0.2, 0) is 4.74 Å². The second-order valence-corrected chi connectivity index (χ2v) is 5.56. The van der Waals surface area contributed by atoms with Gasteiger partial charge in [-0.1, -0.05) is 19.8 Å². The quantitative estimate of drug-likeness (QED) is 0.717. The molecule has 1 saturated carbocycles. The van der Waals surface area contributed by atoms with E-state index in [1.165, 1.54) is 38.8 Å². The maximum Gasteiger partial charge on any atom is 0.0700 e. The first-order valence-corrected chi connectivity index (χ1v) is 7.43. The summed E-state index contributed by atoms with van der Waals surface area (Å²) >= 11 is 0. The van der Waals surface area contributed by atoms with Gasteiger partial charge in [0.25, 0.3) is 0 Å². The van der Waals surface area contributed by atoms with Gasteiger partial charge >= 0.3 is 0 Å². The molecular formula is C14H28N2O. The van der Waals surface area contributed by atoms with E-state index in [0.29, 0.717) is 6.10 Å². The minimum absolute atomic E-state index is 0.471. The van der Waals surface area contributed by atoms with E-state index in [9.17, 15) is 0 Å². The number of hydrogen-bond acceptors (Lipinski definition) is 3. The zero-order valence-electron chi connectivity index (χ0n) is 11.3. The highest BCUT2D eigenvalue weighted by atomic mass is 16.5. The van der Waals surface area contributed by atoms with Crippen molar-refractivity contribution in [1.29, 1.82) is 0 Å². The summed E-state index contributed by atoms with van der Waals surface area (Å²) in [4.78, 5) is 2.54. The Hall–Kier alpha value is -0.120. The van der Waals surface area contributed by atoms with Crippen molar-refractivity contribution in [2.24, 2.45) is 5.92 Å². The lowest BCUT2D eigenvalue weighted by Crippen LogP contribution is -2.45. The highest BCUT2D eigenvalue weighted by Crippen LogP contribution is 2.23. The van der Waals surface area contributed by atoms with Gasteiger partial charge in [-0.05, 0) is 31.7 Å². The number of nitrogens with one attached hydrogen (secondary N) is 1. The van der Waals surface area contributed by atoms with Gasteiger partial charge in [-0.15, -0.1) is 0 Å². The Bertz CT molecular complexity index is 204. The molecule has 1 atom stereocenters. The summed E-state index contributed by atoms with van der Waals surface area (Å²) in [6, 6.07) is 0. The molecule has 0 bridgehead atoms. The van der Waals surface area contributed by atoms with Crippen LogP contribution in [0.1, 0.15) is 39.0 Å². The predicted octanol–water partition coefficient (Wildman–Crippen LogP) is 1.88. The minimum Gasteiger partial charge on any atom is -0.376 e. The molecule has 0 aromatic heterocycles. The van der Waals surface area contributed by atoms with Crippen molar-refractivity contribution in [2.45, 2.75) is 45.1 Å². The Kier molecular flexibility index (Phi) is 5.75. The summed E-state index contributed by atoms with van der Waals surface area (Å²) in [5.41, 5.74) is 0. The van der Waals surface area contributed by atoms with E-state index in [1.54, 1.807) is 0 Å². The average Bonchev–Trinajstić information content (AvgIpc) is 2.88. The molecule has 0 spiro atoms. The van der Waals surface area contributed by atoms with E-state index in [2.05, 4.69) is 17.1 Å². The van der Waals surface area contributed by atoms with Crippen LogP contribution in [0.15, 0.2) is 0 Å². The lowest BCUT2D eigenvalue weighted by Gasteiger charge is -2.32. The normalized spacial score (nSPS) is 27.7. The Balaban J connectivity index is 1.52. The highest BCUT2D eigenvalue weighted by Gasteiger charge is 2.18. The number of ether oxygens (including phenoxy) is 1. The molecule has 1 aliphatic carbocycles. The van der Waals surface area contributed by atoms with E-state index in [-0.39, 0.29) is 0 Å². The molecule has 1 N–H and O–H groups in total. The van der Waals surface area contributed by atoms with Crippen LogP contribution in [0.25, 0.3) is 0 Å². The Morgan fingerprint density at radius 3 is 2.88 bits per heavy atom. The van der Waals surface area contributed by atoms with Crippen molar-refractivity contribution in [3.05, 3.63) is 0 Å². The molecule has 1 unspecified atom stereocenters. The highest BCUT2D eigenvalue weighted by molar-refractivity contribution is 4.73. The van der Waals surface area contributed by atoms with Crippen LogP contribution in [0.5, 0.6) is 0 Å². The number of rotatable bonds is 6.